The molecule has 0 aliphatic heterocycles. The molecule has 6 heteroatoms. The third-order valence-corrected chi connectivity index (χ3v) is 2.59. The number of rotatable bonds is 3. The van der Waals surface area contributed by atoms with Gasteiger partial charge < -0.3 is 16.6 Å². The molecular formula is C9H13BrClFN2O. The van der Waals surface area contributed by atoms with Crippen LogP contribution in [-0.2, 0) is 0 Å². The Hall–Kier alpha value is -0.360. The minimum absolute atomic E-state index is 0. The number of phenols is 1. The van der Waals surface area contributed by atoms with E-state index in [1.54, 1.807) is 6.07 Å². The predicted octanol–water partition coefficient (Wildman–Crippen LogP) is 2.06. The van der Waals surface area contributed by atoms with Crippen molar-refractivity contribution in [2.75, 3.05) is 6.54 Å². The zero-order chi connectivity index (χ0) is 10.7. The Kier molecular flexibility index (Phi) is 6.12. The molecule has 1 rings (SSSR count). The summed E-state index contributed by atoms with van der Waals surface area (Å²) in [5.74, 6) is -1.09. The van der Waals surface area contributed by atoms with Gasteiger partial charge in [-0.25, -0.2) is 4.39 Å². The molecule has 5 N–H and O–H groups in total. The average molecular weight is 300 g/mol. The second-order valence-electron chi connectivity index (χ2n) is 2.98. The summed E-state index contributed by atoms with van der Waals surface area (Å²) in [4.78, 5) is 0. The van der Waals surface area contributed by atoms with Crippen molar-refractivity contribution < 1.29 is 9.50 Å². The molecule has 3 nitrogen and oxygen atoms in total. The van der Waals surface area contributed by atoms with Gasteiger partial charge in [-0.2, -0.15) is 0 Å². The van der Waals surface area contributed by atoms with Crippen molar-refractivity contribution >= 4 is 28.3 Å². The molecule has 0 saturated carbocycles. The van der Waals surface area contributed by atoms with Crippen molar-refractivity contribution in [3.05, 3.63) is 28.0 Å². The van der Waals surface area contributed by atoms with Crippen LogP contribution < -0.4 is 11.5 Å². The van der Waals surface area contributed by atoms with Crippen LogP contribution in [0.2, 0.25) is 0 Å². The fourth-order valence-corrected chi connectivity index (χ4v) is 1.51. The van der Waals surface area contributed by atoms with E-state index >= 15 is 0 Å². The van der Waals surface area contributed by atoms with Gasteiger partial charge in [0, 0.05) is 11.6 Å². The second-order valence-corrected chi connectivity index (χ2v) is 3.84. The molecule has 0 amide bonds. The zero-order valence-electron chi connectivity index (χ0n) is 7.91. The Morgan fingerprint density at radius 2 is 2.07 bits per heavy atom. The van der Waals surface area contributed by atoms with Gasteiger partial charge in [0.05, 0.1) is 4.47 Å². The van der Waals surface area contributed by atoms with E-state index in [9.17, 15) is 9.50 Å². The zero-order valence-corrected chi connectivity index (χ0v) is 10.3. The standard InChI is InChI=1S/C9H12BrFN2O.ClH/c10-6-2-1-5(7(13)3-4-12)9(14)8(6)11;/h1-2,7,14H,3-4,12-13H2;1H/t7-;/m1./s1. The molecule has 0 spiro atoms. The first kappa shape index (κ1) is 14.6. The van der Waals surface area contributed by atoms with Crippen LogP contribution in [0.5, 0.6) is 5.75 Å². The van der Waals surface area contributed by atoms with E-state index in [1.165, 1.54) is 6.07 Å². The number of hydrogen-bond donors (Lipinski definition) is 3. The maximum atomic E-state index is 13.2. The molecule has 0 radical (unpaired) electrons. The SMILES string of the molecule is Cl.NCC[C@@H](N)c1ccc(Br)c(F)c1O. The first-order valence-electron chi connectivity index (χ1n) is 4.20. The smallest absolute Gasteiger partial charge is 0.179 e. The molecule has 1 aromatic carbocycles. The Morgan fingerprint density at radius 3 is 2.60 bits per heavy atom. The van der Waals surface area contributed by atoms with E-state index in [0.717, 1.165) is 0 Å². The van der Waals surface area contributed by atoms with Gasteiger partial charge in [-0.1, -0.05) is 6.07 Å². The lowest BCUT2D eigenvalue weighted by Gasteiger charge is -2.13. The van der Waals surface area contributed by atoms with Crippen molar-refractivity contribution in [3.63, 3.8) is 0 Å². The molecule has 0 aromatic heterocycles. The van der Waals surface area contributed by atoms with Gasteiger partial charge in [0.1, 0.15) is 0 Å². The average Bonchev–Trinajstić information content (AvgIpc) is 2.15. The summed E-state index contributed by atoms with van der Waals surface area (Å²) in [6, 6.07) is 2.67. The van der Waals surface area contributed by atoms with Gasteiger partial charge in [-0.05, 0) is 35.0 Å². The molecule has 1 aromatic rings. The lowest BCUT2D eigenvalue weighted by Crippen LogP contribution is -2.15. The molecule has 0 aliphatic rings. The highest BCUT2D eigenvalue weighted by molar-refractivity contribution is 9.10. The van der Waals surface area contributed by atoms with E-state index < -0.39 is 17.6 Å². The van der Waals surface area contributed by atoms with Gasteiger partial charge in [0.2, 0.25) is 0 Å². The van der Waals surface area contributed by atoms with Crippen molar-refractivity contribution in [1.82, 2.24) is 0 Å². The Bertz CT molecular complexity index is 338. The Balaban J connectivity index is 0.00000196. The van der Waals surface area contributed by atoms with Gasteiger partial charge in [-0.3, -0.25) is 0 Å². The Labute approximate surface area is 102 Å². The lowest BCUT2D eigenvalue weighted by molar-refractivity contribution is 0.417. The van der Waals surface area contributed by atoms with E-state index in [4.69, 9.17) is 11.5 Å². The molecule has 0 bridgehead atoms. The van der Waals surface area contributed by atoms with Gasteiger partial charge in [0.15, 0.2) is 11.6 Å². The topological polar surface area (TPSA) is 72.3 Å². The van der Waals surface area contributed by atoms with Crippen LogP contribution in [-0.4, -0.2) is 11.7 Å². The highest BCUT2D eigenvalue weighted by Crippen LogP contribution is 2.31. The monoisotopic (exact) mass is 298 g/mol. The summed E-state index contributed by atoms with van der Waals surface area (Å²) in [6.07, 6.45) is 0.509. The number of benzene rings is 1. The van der Waals surface area contributed by atoms with Gasteiger partial charge in [-0.15, -0.1) is 12.4 Å². The molecule has 86 valence electrons. The maximum absolute atomic E-state index is 13.2. The molecule has 0 heterocycles. The quantitative estimate of drug-likeness (QED) is 0.800. The summed E-state index contributed by atoms with van der Waals surface area (Å²) in [6.45, 7) is 0.401. The summed E-state index contributed by atoms with van der Waals surface area (Å²) in [5.41, 5.74) is 11.4. The van der Waals surface area contributed by atoms with Crippen molar-refractivity contribution in [2.45, 2.75) is 12.5 Å². The third kappa shape index (κ3) is 3.31. The van der Waals surface area contributed by atoms with Crippen molar-refractivity contribution in [3.8, 4) is 5.75 Å². The van der Waals surface area contributed by atoms with Crippen LogP contribution in [0.4, 0.5) is 4.39 Å². The Morgan fingerprint density at radius 1 is 1.47 bits per heavy atom. The number of nitrogens with two attached hydrogens (primary N) is 2. The van der Waals surface area contributed by atoms with E-state index in [1.807, 2.05) is 0 Å². The molecule has 0 unspecified atom stereocenters. The van der Waals surface area contributed by atoms with E-state index in [-0.39, 0.29) is 16.9 Å². The number of phenolic OH excluding ortho intramolecular Hbond substituents is 1. The second kappa shape index (κ2) is 6.27. The molecule has 0 saturated heterocycles. The van der Waals surface area contributed by atoms with Crippen LogP contribution in [0.1, 0.15) is 18.0 Å². The lowest BCUT2D eigenvalue weighted by atomic mass is 10.0. The van der Waals surface area contributed by atoms with Crippen LogP contribution in [0.3, 0.4) is 0 Å². The van der Waals surface area contributed by atoms with Crippen LogP contribution >= 0.6 is 28.3 Å². The van der Waals surface area contributed by atoms with Crippen molar-refractivity contribution in [1.29, 1.82) is 0 Å². The fourth-order valence-electron chi connectivity index (χ4n) is 1.19. The summed E-state index contributed by atoms with van der Waals surface area (Å²) >= 11 is 2.97. The van der Waals surface area contributed by atoms with Crippen LogP contribution in [0.15, 0.2) is 16.6 Å². The number of halogens is 3. The van der Waals surface area contributed by atoms with Crippen LogP contribution in [0.25, 0.3) is 0 Å². The first-order valence-corrected chi connectivity index (χ1v) is 4.99. The van der Waals surface area contributed by atoms with Crippen molar-refractivity contribution in [2.24, 2.45) is 11.5 Å². The number of hydrogen-bond acceptors (Lipinski definition) is 3. The van der Waals surface area contributed by atoms with Gasteiger partial charge in [0.25, 0.3) is 0 Å². The third-order valence-electron chi connectivity index (χ3n) is 1.98. The highest BCUT2D eigenvalue weighted by Gasteiger charge is 2.15. The number of aromatic hydroxyl groups is 1. The summed E-state index contributed by atoms with van der Waals surface area (Å²) in [5, 5.41) is 9.45. The fraction of sp³-hybridized carbons (Fsp3) is 0.333. The predicted molar refractivity (Wildman–Crippen MR) is 63.6 cm³/mol. The largest absolute Gasteiger partial charge is 0.505 e. The molecule has 0 fully saturated rings. The normalized spacial score (nSPS) is 12.0. The first-order chi connectivity index (χ1) is 6.57. The molecule has 0 aliphatic carbocycles. The minimum atomic E-state index is -0.685. The van der Waals surface area contributed by atoms with Gasteiger partial charge >= 0.3 is 0 Å². The van der Waals surface area contributed by atoms with Crippen LogP contribution in [0, 0.1) is 5.82 Å². The highest BCUT2D eigenvalue weighted by atomic mass is 79.9. The molecule has 15 heavy (non-hydrogen) atoms. The molecule has 1 atom stereocenters. The van der Waals surface area contributed by atoms with E-state index in [2.05, 4.69) is 15.9 Å². The summed E-state index contributed by atoms with van der Waals surface area (Å²) < 4.78 is 13.4. The molecular weight excluding hydrogens is 286 g/mol. The van der Waals surface area contributed by atoms with E-state index in [0.29, 0.717) is 18.5 Å². The minimum Gasteiger partial charge on any atom is -0.505 e. The summed E-state index contributed by atoms with van der Waals surface area (Å²) in [7, 11) is 0. The maximum Gasteiger partial charge on any atom is 0.179 e.